The van der Waals surface area contributed by atoms with Crippen LogP contribution in [-0.2, 0) is 0 Å². The van der Waals surface area contributed by atoms with Crippen LogP contribution >= 0.6 is 0 Å². The maximum Gasteiger partial charge on any atom is 0.162 e. The third kappa shape index (κ3) is 1.84. The molecule has 1 heterocycles. The molecule has 3 N–H and O–H groups in total. The van der Waals surface area contributed by atoms with Gasteiger partial charge in [-0.3, -0.25) is 10.4 Å². The van der Waals surface area contributed by atoms with Gasteiger partial charge in [0.25, 0.3) is 0 Å². The smallest absolute Gasteiger partial charge is 0.162 e. The van der Waals surface area contributed by atoms with Crippen LogP contribution in [-0.4, -0.2) is 20.8 Å². The molecule has 1 aliphatic heterocycles. The minimum absolute atomic E-state index is 0.662. The molecule has 2 rings (SSSR count). The van der Waals surface area contributed by atoms with E-state index in [4.69, 9.17) is 15.2 Å². The highest BCUT2D eigenvalue weighted by atomic mass is 16.5. The summed E-state index contributed by atoms with van der Waals surface area (Å²) in [4.78, 5) is 0. The number of nitrogens with zero attached hydrogens (tertiary/aromatic N) is 1. The molecule has 0 radical (unpaired) electrons. The zero-order chi connectivity index (χ0) is 11.5. The minimum atomic E-state index is 0.662. The highest BCUT2D eigenvalue weighted by Gasteiger charge is 2.13. The molecular weight excluding hydrogens is 206 g/mol. The summed E-state index contributed by atoms with van der Waals surface area (Å²) in [7, 11) is 3.23. The fraction of sp³-hybridized carbons (Fsp3) is 0.273. The molecule has 16 heavy (non-hydrogen) atoms. The molecule has 0 saturated carbocycles. The Morgan fingerprint density at radius 3 is 2.56 bits per heavy atom. The summed E-state index contributed by atoms with van der Waals surface area (Å²) in [6, 6.07) is 5.71. The molecule has 86 valence electrons. The number of hydrogen-bond acceptors (Lipinski definition) is 5. The monoisotopic (exact) mass is 221 g/mol. The Bertz CT molecular complexity index is 418. The molecule has 5 nitrogen and oxygen atoms in total. The van der Waals surface area contributed by atoms with Gasteiger partial charge in [0.05, 0.1) is 26.5 Å². The first kappa shape index (κ1) is 10.5. The van der Waals surface area contributed by atoms with Crippen molar-refractivity contribution in [1.29, 1.82) is 0 Å². The standard InChI is InChI=1S/C11H15N3O2/c1-15-9-4-3-8(7-10(9)16-2)14-6-5-11(12)13-14/h3-5,7,13H,6,12H2,1-2H3. The first-order valence-electron chi connectivity index (χ1n) is 4.96. The molecule has 0 bridgehead atoms. The normalized spacial score (nSPS) is 14.4. The van der Waals surface area contributed by atoms with Gasteiger partial charge in [0.15, 0.2) is 11.5 Å². The highest BCUT2D eigenvalue weighted by Crippen LogP contribution is 2.31. The molecule has 0 aliphatic carbocycles. The molecule has 0 atom stereocenters. The topological polar surface area (TPSA) is 59.8 Å². The number of ether oxygens (including phenoxy) is 2. The molecule has 1 aromatic rings. The Hall–Kier alpha value is -2.04. The van der Waals surface area contributed by atoms with E-state index in [0.717, 1.165) is 12.2 Å². The first-order valence-corrected chi connectivity index (χ1v) is 4.96. The second-order valence-corrected chi connectivity index (χ2v) is 3.42. The van der Waals surface area contributed by atoms with Crippen LogP contribution in [0.15, 0.2) is 30.1 Å². The van der Waals surface area contributed by atoms with Gasteiger partial charge in [-0.1, -0.05) is 0 Å². The maximum atomic E-state index is 5.64. The van der Waals surface area contributed by atoms with E-state index in [2.05, 4.69) is 5.43 Å². The van der Waals surface area contributed by atoms with Crippen LogP contribution in [0.25, 0.3) is 0 Å². The Kier molecular flexibility index (Phi) is 2.76. The van der Waals surface area contributed by atoms with Gasteiger partial charge >= 0.3 is 0 Å². The second-order valence-electron chi connectivity index (χ2n) is 3.42. The van der Waals surface area contributed by atoms with Crippen LogP contribution in [0.5, 0.6) is 11.5 Å². The lowest BCUT2D eigenvalue weighted by Crippen LogP contribution is -2.33. The third-order valence-corrected chi connectivity index (χ3v) is 2.44. The van der Waals surface area contributed by atoms with Gasteiger partial charge in [0, 0.05) is 6.07 Å². The molecule has 0 aromatic heterocycles. The molecular formula is C11H15N3O2. The average Bonchev–Trinajstić information content (AvgIpc) is 2.75. The van der Waals surface area contributed by atoms with Crippen molar-refractivity contribution in [2.45, 2.75) is 0 Å². The summed E-state index contributed by atoms with van der Waals surface area (Å²) in [6.45, 7) is 0.737. The van der Waals surface area contributed by atoms with Crippen molar-refractivity contribution in [3.63, 3.8) is 0 Å². The van der Waals surface area contributed by atoms with Crippen molar-refractivity contribution in [1.82, 2.24) is 5.43 Å². The molecule has 1 aromatic carbocycles. The first-order chi connectivity index (χ1) is 7.74. The summed E-state index contributed by atoms with van der Waals surface area (Å²) >= 11 is 0. The van der Waals surface area contributed by atoms with E-state index in [-0.39, 0.29) is 0 Å². The van der Waals surface area contributed by atoms with Crippen molar-refractivity contribution in [3.8, 4) is 11.5 Å². The van der Waals surface area contributed by atoms with E-state index in [1.807, 2.05) is 29.3 Å². The SMILES string of the molecule is COc1ccc(N2CC=C(N)N2)cc1OC. The second kappa shape index (κ2) is 4.22. The summed E-state index contributed by atoms with van der Waals surface area (Å²) in [6.07, 6.45) is 1.91. The average molecular weight is 221 g/mol. The Morgan fingerprint density at radius 1 is 1.25 bits per heavy atom. The zero-order valence-corrected chi connectivity index (χ0v) is 9.36. The third-order valence-electron chi connectivity index (χ3n) is 2.44. The molecule has 0 spiro atoms. The van der Waals surface area contributed by atoms with Crippen molar-refractivity contribution in [3.05, 3.63) is 30.1 Å². The number of rotatable bonds is 3. The highest BCUT2D eigenvalue weighted by molar-refractivity contribution is 5.57. The van der Waals surface area contributed by atoms with Crippen LogP contribution in [0.1, 0.15) is 0 Å². The fourth-order valence-corrected chi connectivity index (χ4v) is 1.60. The number of hydrazine groups is 1. The number of nitrogens with two attached hydrogens (primary N) is 1. The van der Waals surface area contributed by atoms with Gasteiger partial charge in [0.2, 0.25) is 0 Å². The lowest BCUT2D eigenvalue weighted by molar-refractivity contribution is 0.355. The van der Waals surface area contributed by atoms with Crippen LogP contribution in [0, 0.1) is 0 Å². The molecule has 0 unspecified atom stereocenters. The number of benzene rings is 1. The predicted octanol–water partition coefficient (Wildman–Crippen LogP) is 0.828. The van der Waals surface area contributed by atoms with E-state index in [1.165, 1.54) is 0 Å². The van der Waals surface area contributed by atoms with Crippen LogP contribution < -0.4 is 25.6 Å². The minimum Gasteiger partial charge on any atom is -0.493 e. The lowest BCUT2D eigenvalue weighted by atomic mass is 10.2. The maximum absolute atomic E-state index is 5.64. The van der Waals surface area contributed by atoms with Crippen molar-refractivity contribution in [2.24, 2.45) is 5.73 Å². The van der Waals surface area contributed by atoms with E-state index in [0.29, 0.717) is 17.3 Å². The van der Waals surface area contributed by atoms with Gasteiger partial charge in [0.1, 0.15) is 5.82 Å². The van der Waals surface area contributed by atoms with Crippen LogP contribution in [0.4, 0.5) is 5.69 Å². The van der Waals surface area contributed by atoms with Gasteiger partial charge in [-0.2, -0.15) is 0 Å². The number of anilines is 1. The fourth-order valence-electron chi connectivity index (χ4n) is 1.60. The summed E-state index contributed by atoms with van der Waals surface area (Å²) in [5, 5.41) is 1.93. The van der Waals surface area contributed by atoms with Crippen molar-refractivity contribution >= 4 is 5.69 Å². The van der Waals surface area contributed by atoms with Gasteiger partial charge < -0.3 is 15.2 Å². The summed E-state index contributed by atoms with van der Waals surface area (Å²) in [5.74, 6) is 2.08. The van der Waals surface area contributed by atoms with Crippen LogP contribution in [0.2, 0.25) is 0 Å². The number of methoxy groups -OCH3 is 2. The zero-order valence-electron chi connectivity index (χ0n) is 9.36. The summed E-state index contributed by atoms with van der Waals surface area (Å²) in [5.41, 5.74) is 9.66. The number of hydrogen-bond donors (Lipinski definition) is 2. The van der Waals surface area contributed by atoms with Gasteiger partial charge in [-0.05, 0) is 18.2 Å². The lowest BCUT2D eigenvalue weighted by Gasteiger charge is -2.20. The molecule has 0 amide bonds. The van der Waals surface area contributed by atoms with Gasteiger partial charge in [-0.15, -0.1) is 0 Å². The Labute approximate surface area is 94.4 Å². The van der Waals surface area contributed by atoms with Gasteiger partial charge in [-0.25, -0.2) is 0 Å². The Balaban J connectivity index is 2.23. The van der Waals surface area contributed by atoms with Crippen molar-refractivity contribution < 1.29 is 9.47 Å². The quantitative estimate of drug-likeness (QED) is 0.791. The molecule has 5 heteroatoms. The van der Waals surface area contributed by atoms with E-state index in [1.54, 1.807) is 14.2 Å². The summed E-state index contributed by atoms with van der Waals surface area (Å²) < 4.78 is 10.4. The molecule has 1 aliphatic rings. The molecule has 0 fully saturated rings. The molecule has 0 saturated heterocycles. The van der Waals surface area contributed by atoms with Crippen LogP contribution in [0.3, 0.4) is 0 Å². The van der Waals surface area contributed by atoms with E-state index >= 15 is 0 Å². The largest absolute Gasteiger partial charge is 0.493 e. The van der Waals surface area contributed by atoms with E-state index < -0.39 is 0 Å². The predicted molar refractivity (Wildman–Crippen MR) is 62.3 cm³/mol. The number of nitrogens with one attached hydrogen (secondary N) is 1. The van der Waals surface area contributed by atoms with Crippen molar-refractivity contribution in [2.75, 3.05) is 25.8 Å². The van der Waals surface area contributed by atoms with E-state index in [9.17, 15) is 0 Å². The Morgan fingerprint density at radius 2 is 2.00 bits per heavy atom.